The molecule has 160 valence electrons. The molecule has 0 saturated carbocycles. The first-order valence-electron chi connectivity index (χ1n) is 10.5. The highest BCUT2D eigenvalue weighted by Gasteiger charge is 2.36. The van der Waals surface area contributed by atoms with Gasteiger partial charge in [0.05, 0.1) is 5.57 Å². The van der Waals surface area contributed by atoms with Gasteiger partial charge in [-0.05, 0) is 66.2 Å². The van der Waals surface area contributed by atoms with Crippen molar-refractivity contribution >= 4 is 50.6 Å². The van der Waals surface area contributed by atoms with Crippen molar-refractivity contribution in [2.75, 3.05) is 0 Å². The molecule has 2 aliphatic rings. The minimum atomic E-state index is -0.399. The maximum Gasteiger partial charge on any atom is 0.283 e. The number of amides is 1. The van der Waals surface area contributed by atoms with Crippen LogP contribution in [-0.2, 0) is 4.79 Å². The fourth-order valence-corrected chi connectivity index (χ4v) is 4.93. The molecule has 1 aromatic heterocycles. The summed E-state index contributed by atoms with van der Waals surface area (Å²) in [6.07, 6.45) is 1.76. The Morgan fingerprint density at radius 1 is 1.06 bits per heavy atom. The molecule has 0 aliphatic carbocycles. The van der Waals surface area contributed by atoms with Gasteiger partial charge < -0.3 is 4.57 Å². The van der Waals surface area contributed by atoms with E-state index < -0.39 is 5.91 Å². The normalized spacial score (nSPS) is 17.4. The van der Waals surface area contributed by atoms with E-state index in [2.05, 4.69) is 45.0 Å². The average Bonchev–Trinajstić information content (AvgIpc) is 3.31. The van der Waals surface area contributed by atoms with E-state index in [1.165, 1.54) is 27.5 Å². The van der Waals surface area contributed by atoms with Crippen LogP contribution < -0.4 is 0 Å². The summed E-state index contributed by atoms with van der Waals surface area (Å²) in [4.78, 5) is 16.9. The SMILES string of the molecule is Cc1cc(C=C2C(=N)N3N=C(C(C)C)SC3=NC2=O)c(C)n1-c1ccc2ccccc2c1. The quantitative estimate of drug-likeness (QED) is 0.544. The van der Waals surface area contributed by atoms with E-state index in [0.29, 0.717) is 5.17 Å². The molecule has 2 aromatic carbocycles. The van der Waals surface area contributed by atoms with Gasteiger partial charge in [0, 0.05) is 23.0 Å². The summed E-state index contributed by atoms with van der Waals surface area (Å²) < 4.78 is 2.17. The second-order valence-corrected chi connectivity index (χ2v) is 9.29. The molecular weight excluding hydrogens is 418 g/mol. The lowest BCUT2D eigenvalue weighted by Gasteiger charge is -2.20. The summed E-state index contributed by atoms with van der Waals surface area (Å²) >= 11 is 1.36. The van der Waals surface area contributed by atoms with Gasteiger partial charge in [-0.15, -0.1) is 0 Å². The third-order valence-electron chi connectivity index (χ3n) is 5.73. The van der Waals surface area contributed by atoms with Gasteiger partial charge >= 0.3 is 0 Å². The van der Waals surface area contributed by atoms with Crippen molar-refractivity contribution < 1.29 is 4.79 Å². The zero-order valence-electron chi connectivity index (χ0n) is 18.4. The summed E-state index contributed by atoms with van der Waals surface area (Å²) in [5.41, 5.74) is 4.27. The fraction of sp³-hybridized carbons (Fsp3) is 0.200. The van der Waals surface area contributed by atoms with Gasteiger partial charge in [0.1, 0.15) is 5.04 Å². The summed E-state index contributed by atoms with van der Waals surface area (Å²) in [7, 11) is 0. The molecule has 0 fully saturated rings. The highest BCUT2D eigenvalue weighted by Crippen LogP contribution is 2.32. The fourth-order valence-electron chi connectivity index (χ4n) is 4.04. The molecule has 0 radical (unpaired) electrons. The standard InChI is InChI=1S/C25H23N5OS/c1-14(2)24-28-30-22(26)21(23(31)27-25(30)32-24)13-19-11-15(3)29(16(19)4)20-10-9-17-7-5-6-8-18(17)12-20/h5-14,26H,1-4H3. The number of aromatic nitrogens is 1. The predicted octanol–water partition coefficient (Wildman–Crippen LogP) is 5.52. The molecule has 32 heavy (non-hydrogen) atoms. The number of aryl methyl sites for hydroxylation is 1. The Kier molecular flexibility index (Phi) is 4.86. The number of fused-ring (bicyclic) bond motifs is 2. The predicted molar refractivity (Wildman–Crippen MR) is 133 cm³/mol. The largest absolute Gasteiger partial charge is 0.318 e. The maximum absolute atomic E-state index is 12.8. The van der Waals surface area contributed by atoms with Crippen molar-refractivity contribution in [3.05, 3.63) is 71.1 Å². The van der Waals surface area contributed by atoms with Crippen LogP contribution in [0.1, 0.15) is 30.8 Å². The van der Waals surface area contributed by atoms with Crippen LogP contribution in [0.2, 0.25) is 0 Å². The molecular formula is C25H23N5OS. The lowest BCUT2D eigenvalue weighted by atomic mass is 10.1. The summed E-state index contributed by atoms with van der Waals surface area (Å²) in [5.74, 6) is -0.118. The number of carbonyl (C=O) groups excluding carboxylic acids is 1. The number of aliphatic imine (C=N–C) groups is 1. The lowest BCUT2D eigenvalue weighted by Crippen LogP contribution is -2.35. The number of carbonyl (C=O) groups is 1. The highest BCUT2D eigenvalue weighted by atomic mass is 32.2. The summed E-state index contributed by atoms with van der Waals surface area (Å²) in [6.45, 7) is 8.15. The molecule has 0 saturated heterocycles. The molecule has 1 amide bonds. The number of rotatable bonds is 3. The van der Waals surface area contributed by atoms with Crippen molar-refractivity contribution in [1.82, 2.24) is 9.58 Å². The van der Waals surface area contributed by atoms with E-state index in [1.54, 1.807) is 6.08 Å². The second kappa shape index (κ2) is 7.60. The molecule has 0 bridgehead atoms. The first-order valence-corrected chi connectivity index (χ1v) is 11.3. The smallest absolute Gasteiger partial charge is 0.283 e. The number of nitrogens with one attached hydrogen (secondary N) is 1. The highest BCUT2D eigenvalue weighted by molar-refractivity contribution is 8.27. The van der Waals surface area contributed by atoms with Gasteiger partial charge in [-0.2, -0.15) is 15.1 Å². The van der Waals surface area contributed by atoms with Crippen LogP contribution in [0.25, 0.3) is 22.5 Å². The van der Waals surface area contributed by atoms with Crippen molar-refractivity contribution in [1.29, 1.82) is 5.41 Å². The molecule has 0 spiro atoms. The monoisotopic (exact) mass is 441 g/mol. The summed E-state index contributed by atoms with van der Waals surface area (Å²) in [6, 6.07) is 16.7. The Balaban J connectivity index is 1.55. The van der Waals surface area contributed by atoms with E-state index in [4.69, 9.17) is 5.41 Å². The lowest BCUT2D eigenvalue weighted by molar-refractivity contribution is -0.114. The topological polar surface area (TPSA) is 73.8 Å². The van der Waals surface area contributed by atoms with Crippen molar-refractivity contribution in [2.45, 2.75) is 27.7 Å². The van der Waals surface area contributed by atoms with Crippen LogP contribution in [0.15, 0.2) is 64.2 Å². The van der Waals surface area contributed by atoms with Crippen LogP contribution in [0.5, 0.6) is 0 Å². The zero-order chi connectivity index (χ0) is 22.6. The second-order valence-electron chi connectivity index (χ2n) is 8.31. The van der Waals surface area contributed by atoms with Gasteiger partial charge in [0.15, 0.2) is 5.84 Å². The van der Waals surface area contributed by atoms with E-state index in [-0.39, 0.29) is 17.3 Å². The van der Waals surface area contributed by atoms with Gasteiger partial charge in [-0.25, -0.2) is 0 Å². The maximum atomic E-state index is 12.8. The molecule has 0 atom stereocenters. The number of amidine groups is 2. The molecule has 3 heterocycles. The van der Waals surface area contributed by atoms with E-state index in [9.17, 15) is 4.79 Å². The minimum Gasteiger partial charge on any atom is -0.318 e. The third kappa shape index (κ3) is 3.29. The first kappa shape index (κ1) is 20.5. The number of benzene rings is 2. The molecule has 0 unspecified atom stereocenters. The van der Waals surface area contributed by atoms with Crippen LogP contribution in [0.3, 0.4) is 0 Å². The van der Waals surface area contributed by atoms with Gasteiger partial charge in [0.25, 0.3) is 5.91 Å². The molecule has 2 aliphatic heterocycles. The Morgan fingerprint density at radius 3 is 2.56 bits per heavy atom. The number of hydrazone groups is 1. The minimum absolute atomic E-state index is 0.0682. The Morgan fingerprint density at radius 2 is 1.81 bits per heavy atom. The molecule has 6 nitrogen and oxygen atoms in total. The number of nitrogens with zero attached hydrogens (tertiary/aromatic N) is 4. The molecule has 7 heteroatoms. The summed E-state index contributed by atoms with van der Waals surface area (Å²) in [5, 5.41) is 18.3. The Bertz CT molecular complexity index is 1390. The van der Waals surface area contributed by atoms with Crippen LogP contribution in [-0.4, -0.2) is 31.5 Å². The van der Waals surface area contributed by atoms with E-state index in [0.717, 1.165) is 27.7 Å². The van der Waals surface area contributed by atoms with E-state index >= 15 is 0 Å². The van der Waals surface area contributed by atoms with Crippen molar-refractivity contribution in [3.63, 3.8) is 0 Å². The van der Waals surface area contributed by atoms with Gasteiger partial charge in [-0.3, -0.25) is 10.2 Å². The third-order valence-corrected chi connectivity index (χ3v) is 6.93. The average molecular weight is 442 g/mol. The van der Waals surface area contributed by atoms with Crippen molar-refractivity contribution in [2.24, 2.45) is 16.0 Å². The Labute approximate surface area is 190 Å². The molecule has 5 rings (SSSR count). The number of hydrogen-bond acceptors (Lipinski definition) is 4. The number of thioether (sulfide) groups is 1. The number of hydrogen-bond donors (Lipinski definition) is 1. The van der Waals surface area contributed by atoms with Crippen LogP contribution in [0.4, 0.5) is 0 Å². The van der Waals surface area contributed by atoms with Crippen LogP contribution >= 0.6 is 11.8 Å². The first-order chi connectivity index (χ1) is 15.3. The van der Waals surface area contributed by atoms with Gasteiger partial charge in [-0.1, -0.05) is 44.2 Å². The van der Waals surface area contributed by atoms with Crippen LogP contribution in [0, 0.1) is 25.2 Å². The zero-order valence-corrected chi connectivity index (χ0v) is 19.2. The molecule has 3 aromatic rings. The van der Waals surface area contributed by atoms with Gasteiger partial charge in [0.2, 0.25) is 5.17 Å². The Hall–Kier alpha value is -3.45. The van der Waals surface area contributed by atoms with Crippen molar-refractivity contribution in [3.8, 4) is 5.69 Å². The molecule has 1 N–H and O–H groups in total. The van der Waals surface area contributed by atoms with E-state index in [1.807, 2.05) is 45.9 Å².